The Labute approximate surface area is 144 Å². The Balaban J connectivity index is 1.86. The van der Waals surface area contributed by atoms with Crippen molar-refractivity contribution in [2.45, 2.75) is 12.8 Å². The monoisotopic (exact) mass is 336 g/mol. The molecule has 1 aromatic heterocycles. The number of nitrogens with zero attached hydrogens (tertiary/aromatic N) is 4. The summed E-state index contributed by atoms with van der Waals surface area (Å²) in [5.74, 6) is -1.42. The van der Waals surface area contributed by atoms with E-state index in [1.165, 1.54) is 12.4 Å². The second kappa shape index (κ2) is 7.09. The molecule has 7 heteroatoms. The maximum Gasteiger partial charge on any atom is 0.356 e. The number of carboxylic acid groups (broad SMARTS) is 1. The van der Waals surface area contributed by atoms with E-state index >= 15 is 0 Å². The number of carbonyl (C=O) groups is 2. The molecule has 25 heavy (non-hydrogen) atoms. The standard InChI is InChI=1S/C18H16N4O3/c19-8-12-3-2-6-22(11-12)17(23)14-5-1-4-13(7-14)15-9-20-10-16(21-15)18(24)25/h1,4-5,7,9-10,12H,2-3,6,11H2,(H,24,25)/t12-/m0/s1. The molecule has 0 unspecified atom stereocenters. The first-order valence-corrected chi connectivity index (χ1v) is 7.93. The highest BCUT2D eigenvalue weighted by Crippen LogP contribution is 2.21. The van der Waals surface area contributed by atoms with E-state index in [0.717, 1.165) is 12.8 Å². The van der Waals surface area contributed by atoms with Crippen LogP contribution in [-0.2, 0) is 0 Å². The van der Waals surface area contributed by atoms with Crippen LogP contribution < -0.4 is 0 Å². The third kappa shape index (κ3) is 3.63. The average Bonchev–Trinajstić information content (AvgIpc) is 2.67. The van der Waals surface area contributed by atoms with E-state index < -0.39 is 5.97 Å². The number of hydrogen-bond donors (Lipinski definition) is 1. The molecule has 1 atom stereocenters. The molecular formula is C18H16N4O3. The summed E-state index contributed by atoms with van der Waals surface area (Å²) in [4.78, 5) is 33.4. The van der Waals surface area contributed by atoms with Crippen molar-refractivity contribution in [3.05, 3.63) is 47.9 Å². The van der Waals surface area contributed by atoms with Crippen LogP contribution in [0.1, 0.15) is 33.7 Å². The van der Waals surface area contributed by atoms with Gasteiger partial charge in [-0.2, -0.15) is 5.26 Å². The second-order valence-electron chi connectivity index (χ2n) is 5.89. The van der Waals surface area contributed by atoms with Gasteiger partial charge in [-0.3, -0.25) is 9.78 Å². The molecule has 7 nitrogen and oxygen atoms in total. The quantitative estimate of drug-likeness (QED) is 0.921. The number of nitriles is 1. The lowest BCUT2D eigenvalue weighted by Crippen LogP contribution is -2.39. The Kier molecular flexibility index (Phi) is 4.70. The Morgan fingerprint density at radius 3 is 2.92 bits per heavy atom. The predicted molar refractivity (Wildman–Crippen MR) is 88.7 cm³/mol. The van der Waals surface area contributed by atoms with Crippen molar-refractivity contribution in [1.29, 1.82) is 5.26 Å². The minimum absolute atomic E-state index is 0.126. The summed E-state index contributed by atoms with van der Waals surface area (Å²) in [7, 11) is 0. The fourth-order valence-corrected chi connectivity index (χ4v) is 2.87. The second-order valence-corrected chi connectivity index (χ2v) is 5.89. The number of aromatic nitrogens is 2. The molecule has 2 aromatic rings. The van der Waals surface area contributed by atoms with Gasteiger partial charge in [0.05, 0.1) is 30.1 Å². The van der Waals surface area contributed by atoms with Gasteiger partial charge in [-0.15, -0.1) is 0 Å². The molecule has 1 fully saturated rings. The molecule has 3 rings (SSSR count). The zero-order valence-electron chi connectivity index (χ0n) is 13.4. The van der Waals surface area contributed by atoms with E-state index in [0.29, 0.717) is 29.9 Å². The molecular weight excluding hydrogens is 320 g/mol. The fourth-order valence-electron chi connectivity index (χ4n) is 2.87. The maximum atomic E-state index is 12.7. The topological polar surface area (TPSA) is 107 Å². The van der Waals surface area contributed by atoms with Gasteiger partial charge in [0, 0.05) is 24.2 Å². The molecule has 1 saturated heterocycles. The summed E-state index contributed by atoms with van der Waals surface area (Å²) in [6.07, 6.45) is 4.27. The number of amides is 1. The first kappa shape index (κ1) is 16.6. The number of carbonyl (C=O) groups excluding carboxylic acids is 1. The van der Waals surface area contributed by atoms with Crippen molar-refractivity contribution >= 4 is 11.9 Å². The summed E-state index contributed by atoms with van der Waals surface area (Å²) >= 11 is 0. The zero-order chi connectivity index (χ0) is 17.8. The van der Waals surface area contributed by atoms with Crippen molar-refractivity contribution in [3.8, 4) is 17.3 Å². The molecule has 126 valence electrons. The molecule has 1 aliphatic heterocycles. The van der Waals surface area contributed by atoms with Crippen LogP contribution in [0.15, 0.2) is 36.7 Å². The Morgan fingerprint density at radius 2 is 2.16 bits per heavy atom. The van der Waals surface area contributed by atoms with Gasteiger partial charge in [0.25, 0.3) is 5.91 Å². The van der Waals surface area contributed by atoms with Crippen LogP contribution in [-0.4, -0.2) is 44.9 Å². The maximum absolute atomic E-state index is 12.7. The van der Waals surface area contributed by atoms with Crippen molar-refractivity contribution in [2.75, 3.05) is 13.1 Å². The highest BCUT2D eigenvalue weighted by atomic mass is 16.4. The van der Waals surface area contributed by atoms with Crippen molar-refractivity contribution in [2.24, 2.45) is 5.92 Å². The number of benzene rings is 1. The molecule has 1 amide bonds. The molecule has 2 heterocycles. The Morgan fingerprint density at radius 1 is 1.32 bits per heavy atom. The average molecular weight is 336 g/mol. The van der Waals surface area contributed by atoms with E-state index in [1.807, 2.05) is 0 Å². The summed E-state index contributed by atoms with van der Waals surface area (Å²) in [6.45, 7) is 1.07. The van der Waals surface area contributed by atoms with Gasteiger partial charge in [0.1, 0.15) is 0 Å². The van der Waals surface area contributed by atoms with Crippen LogP contribution in [0.25, 0.3) is 11.3 Å². The van der Waals surface area contributed by atoms with Crippen LogP contribution in [0, 0.1) is 17.2 Å². The van der Waals surface area contributed by atoms with Gasteiger partial charge in [0.2, 0.25) is 0 Å². The largest absolute Gasteiger partial charge is 0.476 e. The normalized spacial score (nSPS) is 16.9. The van der Waals surface area contributed by atoms with Crippen molar-refractivity contribution in [3.63, 3.8) is 0 Å². The lowest BCUT2D eigenvalue weighted by Gasteiger charge is -2.29. The van der Waals surface area contributed by atoms with Gasteiger partial charge < -0.3 is 10.0 Å². The minimum Gasteiger partial charge on any atom is -0.476 e. The molecule has 0 bridgehead atoms. The molecule has 0 radical (unpaired) electrons. The van der Waals surface area contributed by atoms with Crippen LogP contribution in [0.5, 0.6) is 0 Å². The lowest BCUT2D eigenvalue weighted by molar-refractivity contribution is 0.0684. The molecule has 1 N–H and O–H groups in total. The van der Waals surface area contributed by atoms with Gasteiger partial charge in [-0.1, -0.05) is 12.1 Å². The van der Waals surface area contributed by atoms with Gasteiger partial charge in [-0.05, 0) is 25.0 Å². The summed E-state index contributed by atoms with van der Waals surface area (Å²) in [6, 6.07) is 9.08. The Bertz CT molecular complexity index is 859. The molecule has 0 spiro atoms. The number of piperidine rings is 1. The van der Waals surface area contributed by atoms with Crippen molar-refractivity contribution < 1.29 is 14.7 Å². The number of likely N-dealkylation sites (tertiary alicyclic amines) is 1. The Hall–Kier alpha value is -3.27. The summed E-state index contributed by atoms with van der Waals surface area (Å²) < 4.78 is 0. The van der Waals surface area contributed by atoms with E-state index in [9.17, 15) is 9.59 Å². The predicted octanol–water partition coefficient (Wildman–Crippen LogP) is 2.22. The first-order chi connectivity index (χ1) is 12.1. The number of aromatic carboxylic acids is 1. The van der Waals surface area contributed by atoms with Gasteiger partial charge in [-0.25, -0.2) is 9.78 Å². The van der Waals surface area contributed by atoms with E-state index in [4.69, 9.17) is 10.4 Å². The van der Waals surface area contributed by atoms with E-state index in [-0.39, 0.29) is 17.5 Å². The van der Waals surface area contributed by atoms with Crippen LogP contribution in [0.2, 0.25) is 0 Å². The number of carboxylic acids is 1. The summed E-state index contributed by atoms with van der Waals surface area (Å²) in [5.41, 5.74) is 1.35. The smallest absolute Gasteiger partial charge is 0.356 e. The SMILES string of the molecule is N#C[C@@H]1CCCN(C(=O)c2cccc(-c3cncc(C(=O)O)n3)c2)C1. The number of rotatable bonds is 3. The highest BCUT2D eigenvalue weighted by molar-refractivity contribution is 5.95. The number of hydrogen-bond acceptors (Lipinski definition) is 5. The van der Waals surface area contributed by atoms with Crippen molar-refractivity contribution in [1.82, 2.24) is 14.9 Å². The van der Waals surface area contributed by atoms with Crippen LogP contribution in [0.3, 0.4) is 0 Å². The minimum atomic E-state index is -1.16. The zero-order valence-corrected chi connectivity index (χ0v) is 13.4. The molecule has 0 aliphatic carbocycles. The third-order valence-electron chi connectivity index (χ3n) is 4.15. The van der Waals surface area contributed by atoms with Crippen LogP contribution in [0.4, 0.5) is 0 Å². The highest BCUT2D eigenvalue weighted by Gasteiger charge is 2.24. The molecule has 0 saturated carbocycles. The first-order valence-electron chi connectivity index (χ1n) is 7.93. The summed E-state index contributed by atoms with van der Waals surface area (Å²) in [5, 5.41) is 18.1. The van der Waals surface area contributed by atoms with Gasteiger partial charge in [0.15, 0.2) is 5.69 Å². The van der Waals surface area contributed by atoms with Gasteiger partial charge >= 0.3 is 5.97 Å². The van der Waals surface area contributed by atoms with Crippen LogP contribution >= 0.6 is 0 Å². The molecule has 1 aromatic carbocycles. The van der Waals surface area contributed by atoms with E-state index in [2.05, 4.69) is 16.0 Å². The van der Waals surface area contributed by atoms with E-state index in [1.54, 1.807) is 29.2 Å². The fraction of sp³-hybridized carbons (Fsp3) is 0.278. The third-order valence-corrected chi connectivity index (χ3v) is 4.15. The lowest BCUT2D eigenvalue weighted by atomic mass is 9.98. The molecule has 1 aliphatic rings.